The van der Waals surface area contributed by atoms with Gasteiger partial charge in [-0.05, 0) is 43.3 Å². The number of hydrogen-bond donors (Lipinski definition) is 1. The van der Waals surface area contributed by atoms with Gasteiger partial charge in [-0.25, -0.2) is 8.42 Å². The number of fused-ring (bicyclic) bond motifs is 1. The van der Waals surface area contributed by atoms with E-state index in [9.17, 15) is 13.2 Å². The third-order valence-corrected chi connectivity index (χ3v) is 8.24. The molecule has 0 bridgehead atoms. The lowest BCUT2D eigenvalue weighted by Crippen LogP contribution is -2.48. The van der Waals surface area contributed by atoms with Crippen LogP contribution in [0.4, 0.5) is 11.4 Å². The monoisotopic (exact) mass is 437 g/mol. The quantitative estimate of drug-likeness (QED) is 0.797. The largest absolute Gasteiger partial charge is 0.369 e. The second-order valence-corrected chi connectivity index (χ2v) is 10.5. The summed E-state index contributed by atoms with van der Waals surface area (Å²) in [6, 6.07) is 12.5. The summed E-state index contributed by atoms with van der Waals surface area (Å²) < 4.78 is 27.7. The Hall–Kier alpha value is -1.74. The molecule has 0 spiro atoms. The van der Waals surface area contributed by atoms with Crippen LogP contribution in [0.1, 0.15) is 6.92 Å². The van der Waals surface area contributed by atoms with Crippen LogP contribution in [0, 0.1) is 0 Å². The molecule has 0 saturated carbocycles. The van der Waals surface area contributed by atoms with Crippen LogP contribution >= 0.6 is 23.4 Å². The van der Waals surface area contributed by atoms with E-state index < -0.39 is 10.0 Å². The molecule has 2 aromatic rings. The fraction of sp³-hybridized carbons (Fsp3) is 0.316. The van der Waals surface area contributed by atoms with E-state index in [1.54, 1.807) is 18.2 Å². The van der Waals surface area contributed by atoms with Gasteiger partial charge in [0.2, 0.25) is 15.9 Å². The lowest BCUT2D eigenvalue weighted by atomic mass is 10.2. The normalized spacial score (nSPS) is 20.6. The minimum absolute atomic E-state index is 0.109. The predicted octanol–water partition coefficient (Wildman–Crippen LogP) is 3.28. The van der Waals surface area contributed by atoms with Crippen LogP contribution in [-0.2, 0) is 14.8 Å². The van der Waals surface area contributed by atoms with Crippen LogP contribution in [0.15, 0.2) is 52.3 Å². The molecule has 148 valence electrons. The highest BCUT2D eigenvalue weighted by Gasteiger charge is 2.30. The van der Waals surface area contributed by atoms with Crippen molar-refractivity contribution < 1.29 is 13.2 Å². The summed E-state index contributed by atoms with van der Waals surface area (Å²) in [6.45, 7) is 3.80. The van der Waals surface area contributed by atoms with E-state index in [0.29, 0.717) is 36.9 Å². The van der Waals surface area contributed by atoms with E-state index in [0.717, 1.165) is 10.6 Å². The van der Waals surface area contributed by atoms with Gasteiger partial charge in [-0.15, -0.1) is 11.8 Å². The highest BCUT2D eigenvalue weighted by Crippen LogP contribution is 2.37. The Kier molecular flexibility index (Phi) is 5.30. The second kappa shape index (κ2) is 7.59. The molecule has 4 rings (SSSR count). The average Bonchev–Trinajstić information content (AvgIpc) is 2.68. The average molecular weight is 438 g/mol. The van der Waals surface area contributed by atoms with E-state index in [1.807, 2.05) is 31.2 Å². The lowest BCUT2D eigenvalue weighted by Gasteiger charge is -2.35. The predicted molar refractivity (Wildman–Crippen MR) is 113 cm³/mol. The maximum atomic E-state index is 13.1. The number of carbonyl (C=O) groups excluding carboxylic acids is 1. The van der Waals surface area contributed by atoms with Gasteiger partial charge in [-0.3, -0.25) is 4.79 Å². The molecule has 0 aromatic heterocycles. The highest BCUT2D eigenvalue weighted by molar-refractivity contribution is 8.01. The number of rotatable bonds is 3. The standard InChI is InChI=1S/C19H20ClN3O3S2/c1-13-19(24)21-17-12-16(5-6-18(17)27-13)28(25,26)23-9-7-22(8-10-23)15-4-2-3-14(20)11-15/h2-6,11-13H,7-10H2,1H3,(H,21,24)/t13-/m0/s1. The van der Waals surface area contributed by atoms with Gasteiger partial charge in [0.15, 0.2) is 0 Å². The molecule has 2 aliphatic rings. The fourth-order valence-corrected chi connectivity index (χ4v) is 5.92. The first-order valence-electron chi connectivity index (χ1n) is 8.97. The molecule has 2 aliphatic heterocycles. The Labute approximate surface area is 173 Å². The molecule has 9 heteroatoms. The Morgan fingerprint density at radius 3 is 2.57 bits per heavy atom. The van der Waals surface area contributed by atoms with Crippen LogP contribution in [-0.4, -0.2) is 50.1 Å². The number of halogens is 1. The third kappa shape index (κ3) is 3.74. The van der Waals surface area contributed by atoms with E-state index in [4.69, 9.17) is 11.6 Å². The number of nitrogens with one attached hydrogen (secondary N) is 1. The molecular formula is C19H20ClN3O3S2. The van der Waals surface area contributed by atoms with Crippen molar-refractivity contribution in [3.63, 3.8) is 0 Å². The molecular weight excluding hydrogens is 418 g/mol. The summed E-state index contributed by atoms with van der Waals surface area (Å²) in [7, 11) is -3.62. The van der Waals surface area contributed by atoms with Gasteiger partial charge >= 0.3 is 0 Å². The summed E-state index contributed by atoms with van der Waals surface area (Å²) in [5.41, 5.74) is 1.55. The van der Waals surface area contributed by atoms with Gasteiger partial charge in [-0.2, -0.15) is 4.31 Å². The number of amides is 1. The third-order valence-electron chi connectivity index (χ3n) is 4.93. The molecule has 1 fully saturated rings. The number of carbonyl (C=O) groups is 1. The number of thioether (sulfide) groups is 1. The van der Waals surface area contributed by atoms with Crippen LogP contribution in [0.3, 0.4) is 0 Å². The zero-order valence-electron chi connectivity index (χ0n) is 15.3. The first-order chi connectivity index (χ1) is 13.3. The molecule has 1 saturated heterocycles. The number of anilines is 2. The molecule has 0 aliphatic carbocycles. The fourth-order valence-electron chi connectivity index (χ4n) is 3.36. The zero-order valence-corrected chi connectivity index (χ0v) is 17.6. The summed E-state index contributed by atoms with van der Waals surface area (Å²) in [6.07, 6.45) is 0. The second-order valence-electron chi connectivity index (χ2n) is 6.78. The van der Waals surface area contributed by atoms with Gasteiger partial charge in [0.1, 0.15) is 0 Å². The smallest absolute Gasteiger partial charge is 0.243 e. The van der Waals surface area contributed by atoms with Crippen LogP contribution in [0.25, 0.3) is 0 Å². The SMILES string of the molecule is C[C@@H]1Sc2ccc(S(=O)(=O)N3CCN(c4cccc(Cl)c4)CC3)cc2NC1=O. The van der Waals surface area contributed by atoms with E-state index in [1.165, 1.54) is 16.1 Å². The molecule has 2 aromatic carbocycles. The van der Waals surface area contributed by atoms with Crippen molar-refractivity contribution in [3.05, 3.63) is 47.5 Å². The van der Waals surface area contributed by atoms with Crippen molar-refractivity contribution in [1.82, 2.24) is 4.31 Å². The summed E-state index contributed by atoms with van der Waals surface area (Å²) in [5, 5.41) is 3.27. The first kappa shape index (κ1) is 19.6. The minimum atomic E-state index is -3.62. The van der Waals surface area contributed by atoms with Gasteiger partial charge in [-0.1, -0.05) is 17.7 Å². The van der Waals surface area contributed by atoms with Crippen molar-refractivity contribution in [1.29, 1.82) is 0 Å². The van der Waals surface area contributed by atoms with E-state index in [2.05, 4.69) is 10.2 Å². The number of hydrogen-bond acceptors (Lipinski definition) is 5. The molecule has 6 nitrogen and oxygen atoms in total. The van der Waals surface area contributed by atoms with Gasteiger partial charge < -0.3 is 10.2 Å². The Bertz CT molecular complexity index is 1020. The summed E-state index contributed by atoms with van der Waals surface area (Å²) in [4.78, 5) is 15.1. The molecule has 1 amide bonds. The van der Waals surface area contributed by atoms with Crippen molar-refractivity contribution >= 4 is 50.7 Å². The number of nitrogens with zero attached hydrogens (tertiary/aromatic N) is 2. The molecule has 28 heavy (non-hydrogen) atoms. The molecule has 0 unspecified atom stereocenters. The van der Waals surface area contributed by atoms with E-state index >= 15 is 0 Å². The Morgan fingerprint density at radius 1 is 1.11 bits per heavy atom. The van der Waals surface area contributed by atoms with Crippen LogP contribution in [0.2, 0.25) is 5.02 Å². The van der Waals surface area contributed by atoms with Gasteiger partial charge in [0, 0.05) is 41.8 Å². The molecule has 1 atom stereocenters. The number of piperazine rings is 1. The molecule has 0 radical (unpaired) electrons. The zero-order chi connectivity index (χ0) is 19.9. The summed E-state index contributed by atoms with van der Waals surface area (Å²) >= 11 is 7.49. The van der Waals surface area contributed by atoms with Crippen LogP contribution in [0.5, 0.6) is 0 Å². The number of sulfonamides is 1. The van der Waals surface area contributed by atoms with Crippen molar-refractivity contribution in [3.8, 4) is 0 Å². The maximum absolute atomic E-state index is 13.1. The summed E-state index contributed by atoms with van der Waals surface area (Å²) in [5.74, 6) is -0.109. The van der Waals surface area contributed by atoms with Crippen molar-refractivity contribution in [2.45, 2.75) is 22.0 Å². The van der Waals surface area contributed by atoms with Gasteiger partial charge in [0.25, 0.3) is 0 Å². The maximum Gasteiger partial charge on any atom is 0.243 e. The lowest BCUT2D eigenvalue weighted by molar-refractivity contribution is -0.115. The Morgan fingerprint density at radius 2 is 1.86 bits per heavy atom. The first-order valence-corrected chi connectivity index (χ1v) is 11.7. The molecule has 2 heterocycles. The topological polar surface area (TPSA) is 69.7 Å². The van der Waals surface area contributed by atoms with Crippen molar-refractivity contribution in [2.24, 2.45) is 0 Å². The Balaban J connectivity index is 1.51. The minimum Gasteiger partial charge on any atom is -0.369 e. The highest BCUT2D eigenvalue weighted by atomic mass is 35.5. The van der Waals surface area contributed by atoms with Gasteiger partial charge in [0.05, 0.1) is 15.8 Å². The van der Waals surface area contributed by atoms with Crippen LogP contribution < -0.4 is 10.2 Å². The molecule has 1 N–H and O–H groups in total. The number of benzene rings is 2. The van der Waals surface area contributed by atoms with E-state index in [-0.39, 0.29) is 16.1 Å². The van der Waals surface area contributed by atoms with Crippen molar-refractivity contribution in [2.75, 3.05) is 36.4 Å².